The number of H-pyrrole nitrogens is 1. The predicted molar refractivity (Wildman–Crippen MR) is 111 cm³/mol. The third-order valence-corrected chi connectivity index (χ3v) is 6.72. The zero-order valence-corrected chi connectivity index (χ0v) is 17.6. The maximum atomic E-state index is 12.6. The summed E-state index contributed by atoms with van der Waals surface area (Å²) in [5.74, 6) is 0.198. The molecule has 0 aliphatic carbocycles. The molecule has 0 spiro atoms. The highest BCUT2D eigenvalue weighted by atomic mass is 32.2. The van der Waals surface area contributed by atoms with Crippen LogP contribution in [0, 0.1) is 20.8 Å². The molecular formula is C20H22N2O3S2. The van der Waals surface area contributed by atoms with Crippen LogP contribution in [0.4, 0.5) is 0 Å². The van der Waals surface area contributed by atoms with E-state index in [4.69, 9.17) is 4.74 Å². The molecule has 2 heterocycles. The Morgan fingerprint density at radius 1 is 1.30 bits per heavy atom. The monoisotopic (exact) mass is 402 g/mol. The zero-order chi connectivity index (χ0) is 19.7. The van der Waals surface area contributed by atoms with Crippen molar-refractivity contribution < 1.29 is 9.53 Å². The molecule has 0 radical (unpaired) electrons. The Balaban J connectivity index is 1.96. The van der Waals surface area contributed by atoms with Crippen LogP contribution in [0.25, 0.3) is 10.2 Å². The van der Waals surface area contributed by atoms with Crippen molar-refractivity contribution in [1.82, 2.24) is 9.97 Å². The summed E-state index contributed by atoms with van der Waals surface area (Å²) in [5.41, 5.74) is 2.90. The van der Waals surface area contributed by atoms with Gasteiger partial charge in [0, 0.05) is 4.90 Å². The van der Waals surface area contributed by atoms with Crippen LogP contribution in [0.5, 0.6) is 0 Å². The van der Waals surface area contributed by atoms with Crippen LogP contribution in [0.3, 0.4) is 0 Å². The Kier molecular flexibility index (Phi) is 5.72. The Morgan fingerprint density at radius 2 is 2.04 bits per heavy atom. The fraction of sp³-hybridized carbons (Fsp3) is 0.350. The number of carbonyl (C=O) groups excluding carboxylic acids is 1. The number of carbonyl (C=O) groups is 1. The van der Waals surface area contributed by atoms with E-state index in [1.54, 1.807) is 25.6 Å². The number of aryl methyl sites for hydroxylation is 3. The summed E-state index contributed by atoms with van der Waals surface area (Å²) in [6, 6.07) is 6.31. The van der Waals surface area contributed by atoms with E-state index in [2.05, 4.69) is 42.0 Å². The normalized spacial score (nSPS) is 12.3. The first-order valence-electron chi connectivity index (χ1n) is 8.76. The van der Waals surface area contributed by atoms with Gasteiger partial charge in [-0.2, -0.15) is 0 Å². The molecule has 0 fully saturated rings. The van der Waals surface area contributed by atoms with E-state index in [9.17, 15) is 9.59 Å². The van der Waals surface area contributed by atoms with Crippen molar-refractivity contribution in [3.05, 3.63) is 55.9 Å². The minimum absolute atomic E-state index is 0.0299. The molecule has 0 saturated heterocycles. The average molecular weight is 403 g/mol. The highest BCUT2D eigenvalue weighted by molar-refractivity contribution is 7.99. The van der Waals surface area contributed by atoms with Gasteiger partial charge in [0.1, 0.15) is 15.5 Å². The van der Waals surface area contributed by atoms with Crippen molar-refractivity contribution >= 4 is 39.3 Å². The number of fused-ring (bicyclic) bond motifs is 1. The highest BCUT2D eigenvalue weighted by Gasteiger charge is 2.21. The Hall–Kier alpha value is -2.12. The summed E-state index contributed by atoms with van der Waals surface area (Å²) in [5, 5.41) is 0.438. The number of rotatable bonds is 5. The maximum Gasteiger partial charge on any atom is 0.348 e. The summed E-state index contributed by atoms with van der Waals surface area (Å²) in [4.78, 5) is 34.4. The fourth-order valence-corrected chi connectivity index (χ4v) is 4.90. The van der Waals surface area contributed by atoms with Crippen LogP contribution >= 0.6 is 23.1 Å². The number of thioether (sulfide) groups is 1. The van der Waals surface area contributed by atoms with Gasteiger partial charge in [0.25, 0.3) is 5.56 Å². The number of hydrogen-bond acceptors (Lipinski definition) is 6. The first kappa shape index (κ1) is 19.6. The number of aromatic nitrogens is 2. The largest absolute Gasteiger partial charge is 0.462 e. The van der Waals surface area contributed by atoms with Crippen LogP contribution in [-0.4, -0.2) is 22.5 Å². The van der Waals surface area contributed by atoms with Crippen LogP contribution in [0.2, 0.25) is 0 Å². The lowest BCUT2D eigenvalue weighted by Crippen LogP contribution is -2.12. The summed E-state index contributed by atoms with van der Waals surface area (Å²) < 4.78 is 5.08. The van der Waals surface area contributed by atoms with Gasteiger partial charge in [-0.15, -0.1) is 23.1 Å². The van der Waals surface area contributed by atoms with Crippen molar-refractivity contribution in [3.63, 3.8) is 0 Å². The van der Waals surface area contributed by atoms with Gasteiger partial charge in [-0.05, 0) is 63.4 Å². The van der Waals surface area contributed by atoms with Crippen molar-refractivity contribution in [1.29, 1.82) is 0 Å². The second-order valence-corrected chi connectivity index (χ2v) is 8.83. The second-order valence-electron chi connectivity index (χ2n) is 6.41. The Morgan fingerprint density at radius 3 is 2.70 bits per heavy atom. The minimum Gasteiger partial charge on any atom is -0.462 e. The van der Waals surface area contributed by atoms with Gasteiger partial charge in [0.15, 0.2) is 0 Å². The van der Waals surface area contributed by atoms with Crippen LogP contribution in [0.15, 0.2) is 27.9 Å². The van der Waals surface area contributed by atoms with E-state index in [0.717, 1.165) is 4.90 Å². The van der Waals surface area contributed by atoms with E-state index >= 15 is 0 Å². The molecule has 5 nitrogen and oxygen atoms in total. The number of nitrogens with zero attached hydrogens (tertiary/aromatic N) is 1. The molecule has 3 rings (SSSR count). The number of ether oxygens (including phenoxy) is 1. The van der Waals surface area contributed by atoms with Gasteiger partial charge in [-0.25, -0.2) is 9.78 Å². The highest BCUT2D eigenvalue weighted by Crippen LogP contribution is 2.35. The van der Waals surface area contributed by atoms with Gasteiger partial charge in [-0.3, -0.25) is 4.79 Å². The number of thiophene rings is 1. The molecule has 1 aromatic carbocycles. The number of hydrogen-bond donors (Lipinski definition) is 1. The average Bonchev–Trinajstić information content (AvgIpc) is 2.95. The van der Waals surface area contributed by atoms with Gasteiger partial charge in [0.2, 0.25) is 0 Å². The Bertz CT molecular complexity index is 1070. The molecule has 0 aliphatic rings. The van der Waals surface area contributed by atoms with Gasteiger partial charge < -0.3 is 9.72 Å². The summed E-state index contributed by atoms with van der Waals surface area (Å²) in [6.45, 7) is 9.99. The lowest BCUT2D eigenvalue weighted by molar-refractivity contribution is 0.0531. The molecular weight excluding hydrogens is 380 g/mol. The number of benzene rings is 1. The molecule has 142 valence electrons. The Labute approximate surface area is 166 Å². The molecule has 0 aliphatic heterocycles. The molecule has 3 aromatic rings. The predicted octanol–water partition coefficient (Wildman–Crippen LogP) is 4.94. The van der Waals surface area contributed by atoms with Crippen molar-refractivity contribution in [2.24, 2.45) is 0 Å². The van der Waals surface area contributed by atoms with Gasteiger partial charge in [0.05, 0.1) is 17.2 Å². The summed E-state index contributed by atoms with van der Waals surface area (Å²) in [7, 11) is 0. The molecule has 27 heavy (non-hydrogen) atoms. The first-order chi connectivity index (χ1) is 12.8. The number of nitrogens with one attached hydrogen (secondary N) is 1. The van der Waals surface area contributed by atoms with E-state index in [1.807, 2.05) is 6.92 Å². The molecule has 0 amide bonds. The molecule has 1 atom stereocenters. The first-order valence-corrected chi connectivity index (χ1v) is 10.5. The standard InChI is InChI=1S/C20H22N2O3S2/c1-6-25-20(24)16-12(4)15-18(23)21-17(22-19(15)27-16)13(5)26-14-8-7-10(2)11(3)9-14/h7-9,13H,6H2,1-5H3,(H,21,22,23). The molecule has 7 heteroatoms. The van der Waals surface area contributed by atoms with E-state index in [1.165, 1.54) is 22.5 Å². The van der Waals surface area contributed by atoms with Crippen LogP contribution in [0.1, 0.15) is 51.3 Å². The fourth-order valence-electron chi connectivity index (χ4n) is 2.79. The third kappa shape index (κ3) is 3.94. The van der Waals surface area contributed by atoms with Crippen molar-refractivity contribution in [3.8, 4) is 0 Å². The third-order valence-electron chi connectivity index (χ3n) is 4.46. The molecule has 2 aromatic heterocycles. The topological polar surface area (TPSA) is 72.0 Å². The SMILES string of the molecule is CCOC(=O)c1sc2nc(C(C)Sc3ccc(C)c(C)c3)[nH]c(=O)c2c1C. The van der Waals surface area contributed by atoms with Crippen LogP contribution < -0.4 is 5.56 Å². The lowest BCUT2D eigenvalue weighted by atomic mass is 10.1. The second kappa shape index (κ2) is 7.86. The van der Waals surface area contributed by atoms with Gasteiger partial charge in [-0.1, -0.05) is 6.07 Å². The van der Waals surface area contributed by atoms with Crippen LogP contribution in [-0.2, 0) is 4.74 Å². The molecule has 1 unspecified atom stereocenters. The smallest absolute Gasteiger partial charge is 0.348 e. The lowest BCUT2D eigenvalue weighted by Gasteiger charge is -2.11. The minimum atomic E-state index is -0.406. The molecule has 0 bridgehead atoms. The quantitative estimate of drug-likeness (QED) is 0.483. The summed E-state index contributed by atoms with van der Waals surface area (Å²) >= 11 is 2.86. The number of esters is 1. The molecule has 1 N–H and O–H groups in total. The van der Waals surface area contributed by atoms with Crippen molar-refractivity contribution in [2.75, 3.05) is 6.61 Å². The zero-order valence-electron chi connectivity index (χ0n) is 16.0. The van der Waals surface area contributed by atoms with E-state index in [0.29, 0.717) is 33.1 Å². The van der Waals surface area contributed by atoms with Gasteiger partial charge >= 0.3 is 5.97 Å². The van der Waals surface area contributed by atoms with E-state index < -0.39 is 5.97 Å². The molecule has 0 saturated carbocycles. The number of aromatic amines is 1. The summed E-state index contributed by atoms with van der Waals surface area (Å²) in [6.07, 6.45) is 0. The maximum absolute atomic E-state index is 12.6. The van der Waals surface area contributed by atoms with Crippen molar-refractivity contribution in [2.45, 2.75) is 44.8 Å². The van der Waals surface area contributed by atoms with E-state index in [-0.39, 0.29) is 10.8 Å².